The van der Waals surface area contributed by atoms with E-state index < -0.39 is 0 Å². The summed E-state index contributed by atoms with van der Waals surface area (Å²) < 4.78 is 5.38. The number of hydrogen-bond donors (Lipinski definition) is 2. The summed E-state index contributed by atoms with van der Waals surface area (Å²) >= 11 is 0. The van der Waals surface area contributed by atoms with Crippen molar-refractivity contribution in [3.05, 3.63) is 41.6 Å². The van der Waals surface area contributed by atoms with Crippen molar-refractivity contribution in [3.8, 4) is 5.75 Å². The second-order valence-corrected chi connectivity index (χ2v) is 3.90. The highest BCUT2D eigenvalue weighted by Crippen LogP contribution is 2.15. The molecule has 0 spiro atoms. The number of hydrogen-bond acceptors (Lipinski definition) is 5. The molecule has 0 saturated heterocycles. The van der Waals surface area contributed by atoms with Crippen molar-refractivity contribution in [2.45, 2.75) is 13.3 Å². The van der Waals surface area contributed by atoms with Crippen molar-refractivity contribution >= 4 is 11.8 Å². The van der Waals surface area contributed by atoms with Crippen LogP contribution in [0.15, 0.2) is 30.3 Å². The van der Waals surface area contributed by atoms with E-state index in [9.17, 15) is 0 Å². The van der Waals surface area contributed by atoms with E-state index in [0.29, 0.717) is 18.8 Å². The number of ether oxygens (including phenoxy) is 1. The first-order valence-electron chi connectivity index (χ1n) is 5.78. The minimum absolute atomic E-state index is 0.205. The molecule has 0 saturated carbocycles. The minimum Gasteiger partial charge on any atom is -0.494 e. The van der Waals surface area contributed by atoms with Crippen LogP contribution in [0.4, 0.5) is 11.8 Å². The van der Waals surface area contributed by atoms with E-state index >= 15 is 0 Å². The molecule has 0 fully saturated rings. The lowest BCUT2D eigenvalue weighted by molar-refractivity contribution is 0.340. The summed E-state index contributed by atoms with van der Waals surface area (Å²) in [6.45, 7) is 2.62. The summed E-state index contributed by atoms with van der Waals surface area (Å²) in [5, 5.41) is 0. The highest BCUT2D eigenvalue weighted by Gasteiger charge is 2.02. The van der Waals surface area contributed by atoms with E-state index in [1.165, 1.54) is 0 Å². The van der Waals surface area contributed by atoms with Crippen LogP contribution in [0.3, 0.4) is 0 Å². The molecule has 0 atom stereocenters. The van der Waals surface area contributed by atoms with Crippen molar-refractivity contribution in [2.24, 2.45) is 0 Å². The SMILES string of the molecule is CCOc1ccc(Cc2cc(N)nc(N)n2)cc1. The van der Waals surface area contributed by atoms with Gasteiger partial charge in [-0.2, -0.15) is 4.98 Å². The molecule has 0 aliphatic rings. The number of anilines is 2. The number of aromatic nitrogens is 2. The zero-order valence-corrected chi connectivity index (χ0v) is 10.3. The Hall–Kier alpha value is -2.30. The Morgan fingerprint density at radius 1 is 1.11 bits per heavy atom. The third-order valence-corrected chi connectivity index (χ3v) is 2.44. The van der Waals surface area contributed by atoms with E-state index in [1.807, 2.05) is 31.2 Å². The monoisotopic (exact) mass is 244 g/mol. The summed E-state index contributed by atoms with van der Waals surface area (Å²) in [5.41, 5.74) is 13.1. The number of nitrogens with two attached hydrogens (primary N) is 2. The normalized spacial score (nSPS) is 10.3. The van der Waals surface area contributed by atoms with Gasteiger partial charge in [0, 0.05) is 12.5 Å². The molecule has 94 valence electrons. The van der Waals surface area contributed by atoms with Gasteiger partial charge in [0.25, 0.3) is 0 Å². The maximum Gasteiger partial charge on any atom is 0.222 e. The number of nitrogen functional groups attached to an aromatic ring is 2. The Balaban J connectivity index is 2.13. The van der Waals surface area contributed by atoms with Crippen LogP contribution in [0.2, 0.25) is 0 Å². The third kappa shape index (κ3) is 3.10. The molecule has 5 heteroatoms. The van der Waals surface area contributed by atoms with Crippen LogP contribution in [-0.2, 0) is 6.42 Å². The molecule has 2 rings (SSSR count). The van der Waals surface area contributed by atoms with Gasteiger partial charge in [-0.15, -0.1) is 0 Å². The fourth-order valence-corrected chi connectivity index (χ4v) is 1.71. The van der Waals surface area contributed by atoms with Gasteiger partial charge in [0.1, 0.15) is 11.6 Å². The van der Waals surface area contributed by atoms with Crippen LogP contribution < -0.4 is 16.2 Å². The maximum atomic E-state index is 5.63. The zero-order valence-electron chi connectivity index (χ0n) is 10.3. The fraction of sp³-hybridized carbons (Fsp3) is 0.231. The van der Waals surface area contributed by atoms with Crippen molar-refractivity contribution in [1.82, 2.24) is 9.97 Å². The summed E-state index contributed by atoms with van der Waals surface area (Å²) in [4.78, 5) is 7.98. The average Bonchev–Trinajstić information content (AvgIpc) is 2.31. The van der Waals surface area contributed by atoms with Crippen LogP contribution in [0.1, 0.15) is 18.2 Å². The molecule has 0 bridgehead atoms. The molecule has 0 radical (unpaired) electrons. The number of rotatable bonds is 4. The Labute approximate surface area is 106 Å². The highest BCUT2D eigenvalue weighted by molar-refractivity contribution is 5.38. The van der Waals surface area contributed by atoms with E-state index in [4.69, 9.17) is 16.2 Å². The summed E-state index contributed by atoms with van der Waals surface area (Å²) in [6, 6.07) is 9.60. The molecule has 5 nitrogen and oxygen atoms in total. The molecule has 0 aliphatic carbocycles. The van der Waals surface area contributed by atoms with E-state index in [2.05, 4.69) is 9.97 Å². The molecular formula is C13H16N4O. The van der Waals surface area contributed by atoms with Crippen molar-refractivity contribution in [1.29, 1.82) is 0 Å². The fourth-order valence-electron chi connectivity index (χ4n) is 1.71. The maximum absolute atomic E-state index is 5.63. The van der Waals surface area contributed by atoms with E-state index in [-0.39, 0.29) is 5.95 Å². The summed E-state index contributed by atoms with van der Waals surface area (Å²) in [5.74, 6) is 1.46. The first kappa shape index (κ1) is 12.2. The average molecular weight is 244 g/mol. The number of benzene rings is 1. The second kappa shape index (κ2) is 5.35. The second-order valence-electron chi connectivity index (χ2n) is 3.90. The Kier molecular flexibility index (Phi) is 3.62. The van der Waals surface area contributed by atoms with E-state index in [0.717, 1.165) is 17.0 Å². The Morgan fingerprint density at radius 3 is 2.44 bits per heavy atom. The molecule has 18 heavy (non-hydrogen) atoms. The lowest BCUT2D eigenvalue weighted by atomic mass is 10.1. The molecule has 2 aromatic rings. The van der Waals surface area contributed by atoms with Crippen molar-refractivity contribution < 1.29 is 4.74 Å². The molecule has 0 unspecified atom stereocenters. The van der Waals surface area contributed by atoms with Gasteiger partial charge in [-0.3, -0.25) is 0 Å². The largest absolute Gasteiger partial charge is 0.494 e. The van der Waals surface area contributed by atoms with Crippen LogP contribution in [0.25, 0.3) is 0 Å². The van der Waals surface area contributed by atoms with Gasteiger partial charge in [-0.1, -0.05) is 12.1 Å². The van der Waals surface area contributed by atoms with Crippen LogP contribution in [0.5, 0.6) is 5.75 Å². The topological polar surface area (TPSA) is 87.0 Å². The molecule has 0 amide bonds. The lowest BCUT2D eigenvalue weighted by Crippen LogP contribution is -2.03. The van der Waals surface area contributed by atoms with Crippen molar-refractivity contribution in [3.63, 3.8) is 0 Å². The zero-order chi connectivity index (χ0) is 13.0. The molecule has 1 heterocycles. The van der Waals surface area contributed by atoms with Gasteiger partial charge in [0.05, 0.1) is 12.3 Å². The molecule has 0 aliphatic heterocycles. The standard InChI is InChI=1S/C13H16N4O/c1-2-18-11-5-3-9(4-6-11)7-10-8-12(14)17-13(15)16-10/h3-6,8H,2,7H2,1H3,(H4,14,15,16,17). The van der Waals surface area contributed by atoms with Crippen LogP contribution in [-0.4, -0.2) is 16.6 Å². The number of nitrogens with zero attached hydrogens (tertiary/aromatic N) is 2. The quantitative estimate of drug-likeness (QED) is 0.853. The van der Waals surface area contributed by atoms with Crippen LogP contribution in [0, 0.1) is 0 Å². The van der Waals surface area contributed by atoms with Gasteiger partial charge >= 0.3 is 0 Å². The van der Waals surface area contributed by atoms with Crippen LogP contribution >= 0.6 is 0 Å². The predicted molar refractivity (Wildman–Crippen MR) is 71.3 cm³/mol. The minimum atomic E-state index is 0.205. The smallest absolute Gasteiger partial charge is 0.222 e. The van der Waals surface area contributed by atoms with Crippen molar-refractivity contribution in [2.75, 3.05) is 18.1 Å². The molecule has 1 aromatic carbocycles. The first-order valence-corrected chi connectivity index (χ1v) is 5.78. The lowest BCUT2D eigenvalue weighted by Gasteiger charge is -2.05. The van der Waals surface area contributed by atoms with Gasteiger partial charge in [0.15, 0.2) is 0 Å². The third-order valence-electron chi connectivity index (χ3n) is 2.44. The van der Waals surface area contributed by atoms with Gasteiger partial charge in [0.2, 0.25) is 5.95 Å². The molecular weight excluding hydrogens is 228 g/mol. The van der Waals surface area contributed by atoms with Gasteiger partial charge in [-0.05, 0) is 24.6 Å². The first-order chi connectivity index (χ1) is 8.67. The van der Waals surface area contributed by atoms with E-state index in [1.54, 1.807) is 6.07 Å². The Bertz CT molecular complexity index is 505. The van der Waals surface area contributed by atoms with Gasteiger partial charge in [-0.25, -0.2) is 4.98 Å². The Morgan fingerprint density at radius 2 is 1.83 bits per heavy atom. The predicted octanol–water partition coefficient (Wildman–Crippen LogP) is 1.63. The molecule has 4 N–H and O–H groups in total. The molecule has 1 aromatic heterocycles. The van der Waals surface area contributed by atoms with Gasteiger partial charge < -0.3 is 16.2 Å². The summed E-state index contributed by atoms with van der Waals surface area (Å²) in [7, 11) is 0. The highest BCUT2D eigenvalue weighted by atomic mass is 16.5. The summed E-state index contributed by atoms with van der Waals surface area (Å²) in [6.07, 6.45) is 0.670.